The van der Waals surface area contributed by atoms with Gasteiger partial charge in [-0.3, -0.25) is 13.8 Å². The molecule has 0 aromatic carbocycles. The van der Waals surface area contributed by atoms with Crippen LogP contribution in [0.2, 0.25) is 0 Å². The van der Waals surface area contributed by atoms with Crippen molar-refractivity contribution < 1.29 is 32.9 Å². The van der Waals surface area contributed by atoms with Crippen molar-refractivity contribution in [2.24, 2.45) is 0 Å². The molecule has 1 amide bonds. The van der Waals surface area contributed by atoms with Crippen LogP contribution in [0.3, 0.4) is 0 Å². The van der Waals surface area contributed by atoms with Gasteiger partial charge in [0.1, 0.15) is 13.2 Å². The van der Waals surface area contributed by atoms with Gasteiger partial charge in [0.15, 0.2) is 0 Å². The lowest BCUT2D eigenvalue weighted by Crippen LogP contribution is -2.46. The second-order valence-corrected chi connectivity index (χ2v) is 17.5. The van der Waals surface area contributed by atoms with Crippen LogP contribution in [0.5, 0.6) is 0 Å². The first-order valence-corrected chi connectivity index (χ1v) is 23.0. The third-order valence-corrected chi connectivity index (χ3v) is 10.7. The largest absolute Gasteiger partial charge is 0.472 e. The Morgan fingerprint density at radius 1 is 0.647 bits per heavy atom. The summed E-state index contributed by atoms with van der Waals surface area (Å²) in [6.45, 7) is 4.86. The molecular weight excluding hydrogens is 659 g/mol. The number of phosphoric ester groups is 1. The number of aliphatic hydroxyl groups is 1. The van der Waals surface area contributed by atoms with Crippen molar-refractivity contribution in [1.29, 1.82) is 0 Å². The predicted molar refractivity (Wildman–Crippen MR) is 217 cm³/mol. The summed E-state index contributed by atoms with van der Waals surface area (Å²) in [4.78, 5) is 23.1. The van der Waals surface area contributed by atoms with E-state index in [9.17, 15) is 19.4 Å². The Kier molecular flexibility index (Phi) is 34.5. The summed E-state index contributed by atoms with van der Waals surface area (Å²) < 4.78 is 23.6. The minimum atomic E-state index is -4.31. The second-order valence-electron chi connectivity index (χ2n) is 16.1. The molecule has 0 spiro atoms. The molecule has 51 heavy (non-hydrogen) atoms. The monoisotopic (exact) mass is 746 g/mol. The maximum atomic E-state index is 12.8. The third kappa shape index (κ3) is 37.4. The number of carbonyl (C=O) groups is 1. The van der Waals surface area contributed by atoms with E-state index in [0.29, 0.717) is 23.9 Å². The summed E-state index contributed by atoms with van der Waals surface area (Å²) in [6, 6.07) is -0.769. The second kappa shape index (κ2) is 35.0. The van der Waals surface area contributed by atoms with Crippen LogP contribution in [0.25, 0.3) is 0 Å². The fourth-order valence-electron chi connectivity index (χ4n) is 6.28. The number of hydrogen-bond donors (Lipinski definition) is 3. The number of hydrogen-bond acceptors (Lipinski definition) is 5. The number of phosphoric acid groups is 1. The number of aliphatic hydroxyl groups excluding tert-OH is 1. The molecule has 8 nitrogen and oxygen atoms in total. The van der Waals surface area contributed by atoms with Crippen LogP contribution in [0.4, 0.5) is 0 Å². The standard InChI is InChI=1S/C42H85N2O6P/c1-6-8-10-12-14-16-18-20-21-22-23-24-26-28-30-32-34-36-42(46)43-40(39-50-51(47,48)49-38-37-44(3,4)5)41(45)35-33-31-29-27-25-19-17-15-13-11-9-7-2/h25,27,40-41,45H,6-24,26,28-39H2,1-5H3,(H-,43,46,47,48)/p+1/b27-25+/t40-,41+/m0/s1. The Balaban J connectivity index is 4.36. The molecule has 0 aliphatic rings. The molecule has 3 atom stereocenters. The van der Waals surface area contributed by atoms with E-state index in [1.807, 2.05) is 21.1 Å². The zero-order chi connectivity index (χ0) is 37.9. The Morgan fingerprint density at radius 2 is 1.06 bits per heavy atom. The summed E-state index contributed by atoms with van der Waals surface area (Å²) in [5.41, 5.74) is 0. The van der Waals surface area contributed by atoms with Crippen LogP contribution in [-0.4, -0.2) is 73.4 Å². The zero-order valence-corrected chi connectivity index (χ0v) is 35.3. The lowest BCUT2D eigenvalue weighted by molar-refractivity contribution is -0.870. The van der Waals surface area contributed by atoms with E-state index in [-0.39, 0.29) is 19.1 Å². The summed E-state index contributed by atoms with van der Waals surface area (Å²) in [7, 11) is 1.60. The first kappa shape index (κ1) is 50.2. The molecule has 304 valence electrons. The summed E-state index contributed by atoms with van der Waals surface area (Å²) >= 11 is 0. The highest BCUT2D eigenvalue weighted by Gasteiger charge is 2.28. The van der Waals surface area contributed by atoms with E-state index in [4.69, 9.17) is 9.05 Å². The van der Waals surface area contributed by atoms with Crippen molar-refractivity contribution in [3.63, 3.8) is 0 Å². The summed E-state index contributed by atoms with van der Waals surface area (Å²) in [6.07, 6.45) is 38.1. The highest BCUT2D eigenvalue weighted by molar-refractivity contribution is 7.47. The molecule has 0 radical (unpaired) electrons. The van der Waals surface area contributed by atoms with Crippen molar-refractivity contribution in [2.75, 3.05) is 40.9 Å². The lowest BCUT2D eigenvalue weighted by atomic mass is 10.0. The van der Waals surface area contributed by atoms with Gasteiger partial charge in [0, 0.05) is 6.42 Å². The van der Waals surface area contributed by atoms with Crippen molar-refractivity contribution in [3.8, 4) is 0 Å². The van der Waals surface area contributed by atoms with E-state index >= 15 is 0 Å². The smallest absolute Gasteiger partial charge is 0.391 e. The fraction of sp³-hybridized carbons (Fsp3) is 0.929. The molecule has 0 aromatic heterocycles. The van der Waals surface area contributed by atoms with E-state index in [0.717, 1.165) is 44.9 Å². The van der Waals surface area contributed by atoms with Gasteiger partial charge in [0.2, 0.25) is 5.91 Å². The van der Waals surface area contributed by atoms with Crippen molar-refractivity contribution in [1.82, 2.24) is 5.32 Å². The van der Waals surface area contributed by atoms with E-state index in [2.05, 4.69) is 31.3 Å². The molecule has 0 aliphatic heterocycles. The van der Waals surface area contributed by atoms with Gasteiger partial charge in [0.05, 0.1) is 39.9 Å². The number of allylic oxidation sites excluding steroid dienone is 2. The first-order chi connectivity index (χ1) is 24.5. The topological polar surface area (TPSA) is 105 Å². The summed E-state index contributed by atoms with van der Waals surface area (Å²) in [5.74, 6) is -0.153. The van der Waals surface area contributed by atoms with E-state index in [1.165, 1.54) is 128 Å². The van der Waals surface area contributed by atoms with Gasteiger partial charge in [0.25, 0.3) is 0 Å². The van der Waals surface area contributed by atoms with Gasteiger partial charge >= 0.3 is 7.82 Å². The van der Waals surface area contributed by atoms with Gasteiger partial charge < -0.3 is 19.8 Å². The first-order valence-electron chi connectivity index (χ1n) is 21.6. The van der Waals surface area contributed by atoms with Crippen LogP contribution >= 0.6 is 7.82 Å². The Hall–Kier alpha value is -0.760. The summed E-state index contributed by atoms with van der Waals surface area (Å²) in [5, 5.41) is 13.9. The van der Waals surface area contributed by atoms with Crippen LogP contribution in [0.15, 0.2) is 12.2 Å². The normalized spacial score (nSPS) is 14.6. The SMILES string of the molecule is CCCCCCCC/C=C/CCCC[C@@H](O)[C@H](COP(=O)(O)OCC[N+](C)(C)C)NC(=O)CCCCCCCCCCCCCCCCCCC. The zero-order valence-electron chi connectivity index (χ0n) is 34.4. The Morgan fingerprint density at radius 3 is 1.51 bits per heavy atom. The van der Waals surface area contributed by atoms with Crippen molar-refractivity contribution >= 4 is 13.7 Å². The molecule has 1 unspecified atom stereocenters. The number of carbonyl (C=O) groups excluding carboxylic acids is 1. The van der Waals surface area contributed by atoms with Crippen molar-refractivity contribution in [3.05, 3.63) is 12.2 Å². The minimum Gasteiger partial charge on any atom is -0.391 e. The van der Waals surface area contributed by atoms with Gasteiger partial charge in [-0.1, -0.05) is 167 Å². The molecular formula is C42H86N2O6P+. The number of nitrogens with one attached hydrogen (secondary N) is 1. The van der Waals surface area contributed by atoms with E-state index in [1.54, 1.807) is 0 Å². The molecule has 0 saturated carbocycles. The Bertz CT molecular complexity index is 850. The maximum absolute atomic E-state index is 12.8. The number of amides is 1. The fourth-order valence-corrected chi connectivity index (χ4v) is 7.01. The maximum Gasteiger partial charge on any atom is 0.472 e. The van der Waals surface area contributed by atoms with Crippen LogP contribution in [-0.2, 0) is 18.4 Å². The molecule has 0 rings (SSSR count). The number of likely N-dealkylation sites (N-methyl/N-ethyl adjacent to an activating group) is 1. The van der Waals surface area contributed by atoms with Crippen LogP contribution < -0.4 is 5.32 Å². The molecule has 0 heterocycles. The molecule has 0 aromatic rings. The molecule has 0 bridgehead atoms. The van der Waals surface area contributed by atoms with Crippen LogP contribution in [0, 0.1) is 0 Å². The predicted octanol–water partition coefficient (Wildman–Crippen LogP) is 11.6. The van der Waals surface area contributed by atoms with Gasteiger partial charge in [-0.2, -0.15) is 0 Å². The average molecular weight is 746 g/mol. The number of unbranched alkanes of at least 4 members (excludes halogenated alkanes) is 24. The van der Waals surface area contributed by atoms with E-state index < -0.39 is 20.0 Å². The van der Waals surface area contributed by atoms with Gasteiger partial charge in [-0.15, -0.1) is 0 Å². The molecule has 9 heteroatoms. The minimum absolute atomic E-state index is 0.0720. The van der Waals surface area contributed by atoms with Gasteiger partial charge in [-0.25, -0.2) is 4.57 Å². The van der Waals surface area contributed by atoms with Gasteiger partial charge in [-0.05, 0) is 38.5 Å². The molecule has 0 saturated heterocycles. The van der Waals surface area contributed by atoms with Crippen LogP contribution in [0.1, 0.15) is 200 Å². The quantitative estimate of drug-likeness (QED) is 0.0250. The highest BCUT2D eigenvalue weighted by atomic mass is 31.2. The highest BCUT2D eigenvalue weighted by Crippen LogP contribution is 2.43. The average Bonchev–Trinajstić information content (AvgIpc) is 3.07. The molecule has 3 N–H and O–H groups in total. The molecule has 0 fully saturated rings. The molecule has 0 aliphatic carbocycles. The van der Waals surface area contributed by atoms with Crippen molar-refractivity contribution in [2.45, 2.75) is 212 Å². The number of nitrogens with zero attached hydrogens (tertiary/aromatic N) is 1. The lowest BCUT2D eigenvalue weighted by Gasteiger charge is -2.26. The number of rotatable bonds is 39. The third-order valence-electron chi connectivity index (χ3n) is 9.76. The Labute approximate surface area is 316 Å². The number of quaternary nitrogens is 1.